The number of nitrogens with zero attached hydrogens (tertiary/aromatic N) is 1. The van der Waals surface area contributed by atoms with Gasteiger partial charge in [0, 0.05) is 11.9 Å². The highest BCUT2D eigenvalue weighted by atomic mass is 19.4. The monoisotopic (exact) mass is 361 g/mol. The van der Waals surface area contributed by atoms with Crippen molar-refractivity contribution < 1.29 is 23.1 Å². The van der Waals surface area contributed by atoms with Gasteiger partial charge >= 0.3 is 6.18 Å². The van der Waals surface area contributed by atoms with E-state index in [1.165, 1.54) is 12.1 Å². The molecule has 2 aromatic rings. The fourth-order valence-electron chi connectivity index (χ4n) is 2.04. The number of anilines is 2. The van der Waals surface area contributed by atoms with Gasteiger partial charge in [-0.1, -0.05) is 12.1 Å². The van der Waals surface area contributed by atoms with Gasteiger partial charge in [0.1, 0.15) is 17.4 Å². The Bertz CT molecular complexity index is 899. The van der Waals surface area contributed by atoms with Crippen LogP contribution in [0.5, 0.6) is 5.75 Å². The third kappa shape index (κ3) is 4.77. The number of carbonyl (C=O) groups excluding carboxylic acids is 1. The first-order valence-corrected chi connectivity index (χ1v) is 7.36. The van der Waals surface area contributed by atoms with E-state index in [1.807, 2.05) is 0 Å². The number of nitrogens with one attached hydrogen (secondary N) is 2. The molecule has 0 aliphatic carbocycles. The number of alkyl halides is 3. The standard InChI is InChI=1S/C18H14F3N3O2/c1-11-5-6-16(25)15(7-11)23-10-12(9-22)17(26)24-14-4-2-3-13(8-14)18(19,20)21/h2-8,10,23,25H,1H3,(H,24,26)/b12-10-. The number of nitriles is 1. The molecule has 0 heterocycles. The van der Waals surface area contributed by atoms with Crippen LogP contribution in [0.1, 0.15) is 11.1 Å². The molecular weight excluding hydrogens is 347 g/mol. The van der Waals surface area contributed by atoms with E-state index in [0.29, 0.717) is 0 Å². The summed E-state index contributed by atoms with van der Waals surface area (Å²) in [6.07, 6.45) is -3.48. The van der Waals surface area contributed by atoms with Crippen LogP contribution in [-0.4, -0.2) is 11.0 Å². The molecule has 0 atom stereocenters. The zero-order chi connectivity index (χ0) is 19.3. The number of halogens is 3. The van der Waals surface area contributed by atoms with Crippen LogP contribution in [0.4, 0.5) is 24.5 Å². The van der Waals surface area contributed by atoms with Crippen molar-refractivity contribution in [3.63, 3.8) is 0 Å². The van der Waals surface area contributed by atoms with Gasteiger partial charge in [-0.25, -0.2) is 0 Å². The summed E-state index contributed by atoms with van der Waals surface area (Å²) in [7, 11) is 0. The molecule has 3 N–H and O–H groups in total. The second-order valence-electron chi connectivity index (χ2n) is 5.37. The number of phenols is 1. The van der Waals surface area contributed by atoms with Gasteiger partial charge in [0.25, 0.3) is 5.91 Å². The van der Waals surface area contributed by atoms with Crippen LogP contribution in [0, 0.1) is 18.3 Å². The quantitative estimate of drug-likeness (QED) is 0.433. The maximum atomic E-state index is 12.7. The summed E-state index contributed by atoms with van der Waals surface area (Å²) in [6, 6.07) is 10.5. The predicted octanol–water partition coefficient (Wildman–Crippen LogP) is 4.18. The number of aryl methyl sites for hydroxylation is 1. The first-order chi connectivity index (χ1) is 12.2. The topological polar surface area (TPSA) is 85.2 Å². The zero-order valence-corrected chi connectivity index (χ0v) is 13.6. The van der Waals surface area contributed by atoms with E-state index < -0.39 is 17.6 Å². The van der Waals surface area contributed by atoms with E-state index in [2.05, 4.69) is 10.6 Å². The maximum absolute atomic E-state index is 12.7. The second kappa shape index (κ2) is 7.61. The largest absolute Gasteiger partial charge is 0.506 e. The van der Waals surface area contributed by atoms with Crippen molar-refractivity contribution in [3.8, 4) is 11.8 Å². The number of rotatable bonds is 4. The van der Waals surface area contributed by atoms with Crippen molar-refractivity contribution in [3.05, 3.63) is 65.4 Å². The van der Waals surface area contributed by atoms with Crippen molar-refractivity contribution in [1.82, 2.24) is 0 Å². The summed E-state index contributed by atoms with van der Waals surface area (Å²) in [4.78, 5) is 12.1. The number of amides is 1. The maximum Gasteiger partial charge on any atom is 0.416 e. The molecule has 26 heavy (non-hydrogen) atoms. The van der Waals surface area contributed by atoms with E-state index in [1.54, 1.807) is 25.1 Å². The van der Waals surface area contributed by atoms with Crippen molar-refractivity contribution in [2.45, 2.75) is 13.1 Å². The third-order valence-electron chi connectivity index (χ3n) is 3.34. The van der Waals surface area contributed by atoms with Gasteiger partial charge in [-0.05, 0) is 42.8 Å². The molecule has 134 valence electrons. The summed E-state index contributed by atoms with van der Waals surface area (Å²) >= 11 is 0. The first kappa shape index (κ1) is 18.9. The predicted molar refractivity (Wildman–Crippen MR) is 90.2 cm³/mol. The third-order valence-corrected chi connectivity index (χ3v) is 3.34. The van der Waals surface area contributed by atoms with Crippen LogP contribution in [-0.2, 0) is 11.0 Å². The van der Waals surface area contributed by atoms with Gasteiger partial charge in [0.05, 0.1) is 11.3 Å². The number of hydrogen-bond acceptors (Lipinski definition) is 4. The van der Waals surface area contributed by atoms with Gasteiger partial charge < -0.3 is 15.7 Å². The van der Waals surface area contributed by atoms with Gasteiger partial charge in [-0.2, -0.15) is 18.4 Å². The molecular formula is C18H14F3N3O2. The van der Waals surface area contributed by atoms with Crippen molar-refractivity contribution in [2.75, 3.05) is 10.6 Å². The van der Waals surface area contributed by atoms with Gasteiger partial charge in [0.15, 0.2) is 0 Å². The summed E-state index contributed by atoms with van der Waals surface area (Å²) < 4.78 is 38.1. The number of carbonyl (C=O) groups is 1. The van der Waals surface area contributed by atoms with E-state index in [0.717, 1.165) is 30.0 Å². The minimum Gasteiger partial charge on any atom is -0.506 e. The summed E-state index contributed by atoms with van der Waals surface area (Å²) in [5.74, 6) is -0.964. The molecule has 0 aromatic heterocycles. The SMILES string of the molecule is Cc1ccc(O)c(N/C=C(/C#N)C(=O)Nc2cccc(C(F)(F)F)c2)c1. The Labute approximate surface area is 147 Å². The Hall–Kier alpha value is -3.47. The van der Waals surface area contributed by atoms with Crippen molar-refractivity contribution in [2.24, 2.45) is 0 Å². The lowest BCUT2D eigenvalue weighted by Gasteiger charge is -2.10. The molecule has 0 radical (unpaired) electrons. The average Bonchev–Trinajstić information content (AvgIpc) is 2.58. The Morgan fingerprint density at radius 3 is 2.62 bits per heavy atom. The molecule has 0 saturated heterocycles. The fraction of sp³-hybridized carbons (Fsp3) is 0.111. The smallest absolute Gasteiger partial charge is 0.416 e. The molecule has 0 fully saturated rings. The summed E-state index contributed by atoms with van der Waals surface area (Å²) in [5.41, 5.74) is -0.261. The number of hydrogen-bond donors (Lipinski definition) is 3. The Morgan fingerprint density at radius 1 is 1.23 bits per heavy atom. The van der Waals surface area contributed by atoms with Crippen LogP contribution >= 0.6 is 0 Å². The molecule has 5 nitrogen and oxygen atoms in total. The highest BCUT2D eigenvalue weighted by Crippen LogP contribution is 2.30. The van der Waals surface area contributed by atoms with Crippen LogP contribution < -0.4 is 10.6 Å². The molecule has 2 rings (SSSR count). The second-order valence-corrected chi connectivity index (χ2v) is 5.37. The molecule has 0 aliphatic rings. The van der Waals surface area contributed by atoms with Crippen molar-refractivity contribution >= 4 is 17.3 Å². The fourth-order valence-corrected chi connectivity index (χ4v) is 2.04. The molecule has 0 bridgehead atoms. The van der Waals surface area contributed by atoms with E-state index in [9.17, 15) is 23.1 Å². The van der Waals surface area contributed by atoms with Crippen LogP contribution in [0.25, 0.3) is 0 Å². The molecule has 1 amide bonds. The lowest BCUT2D eigenvalue weighted by atomic mass is 10.2. The zero-order valence-electron chi connectivity index (χ0n) is 13.6. The molecule has 2 aromatic carbocycles. The first-order valence-electron chi connectivity index (χ1n) is 7.36. The number of benzene rings is 2. The summed E-state index contributed by atoms with van der Waals surface area (Å²) in [6.45, 7) is 1.79. The number of aromatic hydroxyl groups is 1. The normalized spacial score (nSPS) is 11.6. The summed E-state index contributed by atoms with van der Waals surface area (Å²) in [5, 5.41) is 23.7. The van der Waals surface area contributed by atoms with Gasteiger partial charge in [-0.15, -0.1) is 0 Å². The minimum absolute atomic E-state index is 0.0811. The Morgan fingerprint density at radius 2 is 1.96 bits per heavy atom. The molecule has 0 saturated carbocycles. The minimum atomic E-state index is -4.54. The Balaban J connectivity index is 2.16. The molecule has 8 heteroatoms. The van der Waals surface area contributed by atoms with E-state index >= 15 is 0 Å². The average molecular weight is 361 g/mol. The van der Waals surface area contributed by atoms with Gasteiger partial charge in [-0.3, -0.25) is 4.79 Å². The van der Waals surface area contributed by atoms with Crippen molar-refractivity contribution in [1.29, 1.82) is 5.26 Å². The van der Waals surface area contributed by atoms with Crippen LogP contribution in [0.15, 0.2) is 54.2 Å². The highest BCUT2D eigenvalue weighted by molar-refractivity contribution is 6.06. The van der Waals surface area contributed by atoms with Crippen LogP contribution in [0.3, 0.4) is 0 Å². The molecule has 0 aliphatic heterocycles. The highest BCUT2D eigenvalue weighted by Gasteiger charge is 2.30. The Kier molecular flexibility index (Phi) is 5.52. The molecule has 0 unspecified atom stereocenters. The lowest BCUT2D eigenvalue weighted by Crippen LogP contribution is -2.15. The molecule has 0 spiro atoms. The lowest BCUT2D eigenvalue weighted by molar-refractivity contribution is -0.137. The van der Waals surface area contributed by atoms with E-state index in [4.69, 9.17) is 5.26 Å². The van der Waals surface area contributed by atoms with E-state index in [-0.39, 0.29) is 22.7 Å². The van der Waals surface area contributed by atoms with Gasteiger partial charge in [0.2, 0.25) is 0 Å². The van der Waals surface area contributed by atoms with Crippen LogP contribution in [0.2, 0.25) is 0 Å². The number of phenolic OH excluding ortho intramolecular Hbond substituents is 1.